The van der Waals surface area contributed by atoms with Gasteiger partial charge in [-0.15, -0.1) is 0 Å². The van der Waals surface area contributed by atoms with Gasteiger partial charge in [0.25, 0.3) is 11.8 Å². The largest absolute Gasteiger partial charge is 0.490 e. The van der Waals surface area contributed by atoms with Crippen LogP contribution in [0.2, 0.25) is 10.0 Å². The van der Waals surface area contributed by atoms with E-state index in [4.69, 9.17) is 32.7 Å². The smallest absolute Gasteiger partial charge is 0.286 e. The van der Waals surface area contributed by atoms with Crippen molar-refractivity contribution in [3.63, 3.8) is 0 Å². The molecule has 0 aliphatic carbocycles. The molecule has 8 nitrogen and oxygen atoms in total. The average molecular weight is 634 g/mol. The van der Waals surface area contributed by atoms with E-state index >= 15 is 0 Å². The van der Waals surface area contributed by atoms with Crippen LogP contribution in [0.15, 0.2) is 40.2 Å². The number of benzene rings is 2. The molecule has 1 heterocycles. The van der Waals surface area contributed by atoms with Crippen molar-refractivity contribution in [3.05, 3.63) is 54.4 Å². The molecule has 1 aliphatic rings. The molecule has 3 rings (SSSR count). The zero-order chi connectivity index (χ0) is 24.8. The van der Waals surface area contributed by atoms with Gasteiger partial charge in [0.2, 0.25) is 5.91 Å². The van der Waals surface area contributed by atoms with Crippen LogP contribution in [-0.4, -0.2) is 36.1 Å². The summed E-state index contributed by atoms with van der Waals surface area (Å²) in [6.45, 7) is 3.27. The lowest BCUT2D eigenvalue weighted by molar-refractivity contribution is -0.118. The Kier molecular flexibility index (Phi) is 9.23. The van der Waals surface area contributed by atoms with Crippen molar-refractivity contribution >= 4 is 92.2 Å². The third-order valence-corrected chi connectivity index (χ3v) is 6.52. The molecule has 34 heavy (non-hydrogen) atoms. The number of carbonyl (C=O) groups excluding carboxylic acids is 3. The Labute approximate surface area is 223 Å². The first-order valence-electron chi connectivity index (χ1n) is 9.80. The summed E-state index contributed by atoms with van der Waals surface area (Å²) in [5.41, 5.74) is 1.17. The van der Waals surface area contributed by atoms with Crippen LogP contribution in [-0.2, 0) is 14.4 Å². The number of rotatable bonds is 7. The van der Waals surface area contributed by atoms with Crippen molar-refractivity contribution in [1.29, 1.82) is 0 Å². The van der Waals surface area contributed by atoms with Gasteiger partial charge in [-0.1, -0.05) is 23.2 Å². The number of nitrogens with zero attached hydrogens (tertiary/aromatic N) is 1. The number of ether oxygens (including phenoxy) is 2. The van der Waals surface area contributed by atoms with Crippen molar-refractivity contribution in [2.45, 2.75) is 13.8 Å². The SMILES string of the molecule is CCOc1cc(/C=C2/SC(NC(C)=O)=NC2=O)cc(I)c1OCC(=O)Nc1ccc(Cl)c(Cl)c1. The van der Waals surface area contributed by atoms with Crippen molar-refractivity contribution in [2.75, 3.05) is 18.5 Å². The Bertz CT molecular complexity index is 1220. The third-order valence-electron chi connectivity index (χ3n) is 4.08. The number of amidine groups is 1. The van der Waals surface area contributed by atoms with Crippen LogP contribution in [0, 0.1) is 3.57 Å². The summed E-state index contributed by atoms with van der Waals surface area (Å²) in [6, 6.07) is 8.25. The molecule has 0 fully saturated rings. The van der Waals surface area contributed by atoms with Crippen molar-refractivity contribution in [1.82, 2.24) is 5.32 Å². The minimum absolute atomic E-state index is 0.233. The molecule has 12 heteroatoms. The van der Waals surface area contributed by atoms with Crippen molar-refractivity contribution in [2.24, 2.45) is 4.99 Å². The summed E-state index contributed by atoms with van der Waals surface area (Å²) in [4.78, 5) is 39.9. The second-order valence-electron chi connectivity index (χ2n) is 6.74. The quantitative estimate of drug-likeness (QED) is 0.324. The lowest BCUT2D eigenvalue weighted by atomic mass is 10.2. The zero-order valence-electron chi connectivity index (χ0n) is 17.9. The summed E-state index contributed by atoms with van der Waals surface area (Å²) >= 11 is 15.0. The Morgan fingerprint density at radius 2 is 1.91 bits per heavy atom. The third kappa shape index (κ3) is 7.11. The van der Waals surface area contributed by atoms with Gasteiger partial charge in [-0.05, 0) is 83.2 Å². The molecule has 0 aromatic heterocycles. The second-order valence-corrected chi connectivity index (χ2v) is 9.75. The number of anilines is 1. The molecule has 2 N–H and O–H groups in total. The van der Waals surface area contributed by atoms with Gasteiger partial charge in [0, 0.05) is 12.6 Å². The van der Waals surface area contributed by atoms with Crippen LogP contribution >= 0.6 is 57.6 Å². The molecule has 0 saturated carbocycles. The number of halogens is 3. The van der Waals surface area contributed by atoms with E-state index in [0.717, 1.165) is 11.8 Å². The molecule has 1 aliphatic heterocycles. The van der Waals surface area contributed by atoms with E-state index in [9.17, 15) is 14.4 Å². The van der Waals surface area contributed by atoms with Crippen LogP contribution in [0.25, 0.3) is 6.08 Å². The van der Waals surface area contributed by atoms with Gasteiger partial charge < -0.3 is 20.1 Å². The average Bonchev–Trinajstić information content (AvgIpc) is 3.08. The highest BCUT2D eigenvalue weighted by molar-refractivity contribution is 14.1. The summed E-state index contributed by atoms with van der Waals surface area (Å²) in [5, 5.41) is 6.14. The van der Waals surface area contributed by atoms with E-state index in [1.165, 1.54) is 6.92 Å². The van der Waals surface area contributed by atoms with E-state index in [1.807, 2.05) is 6.92 Å². The van der Waals surface area contributed by atoms with E-state index in [1.54, 1.807) is 36.4 Å². The van der Waals surface area contributed by atoms with E-state index in [2.05, 4.69) is 38.2 Å². The van der Waals surface area contributed by atoms with Crippen LogP contribution in [0.3, 0.4) is 0 Å². The topological polar surface area (TPSA) is 106 Å². The molecule has 0 atom stereocenters. The zero-order valence-corrected chi connectivity index (χ0v) is 22.4. The molecule has 0 spiro atoms. The fourth-order valence-corrected chi connectivity index (χ4v) is 4.69. The molecule has 0 saturated heterocycles. The van der Waals surface area contributed by atoms with E-state index in [0.29, 0.717) is 47.9 Å². The van der Waals surface area contributed by atoms with Crippen molar-refractivity contribution < 1.29 is 23.9 Å². The minimum atomic E-state index is -0.444. The number of carbonyl (C=O) groups is 3. The van der Waals surface area contributed by atoms with Gasteiger partial charge >= 0.3 is 0 Å². The number of nitrogens with one attached hydrogen (secondary N) is 2. The fraction of sp³-hybridized carbons (Fsp3) is 0.182. The van der Waals surface area contributed by atoms with Gasteiger partial charge in [-0.2, -0.15) is 4.99 Å². The summed E-state index contributed by atoms with van der Waals surface area (Å²) < 4.78 is 12.1. The van der Waals surface area contributed by atoms with Gasteiger partial charge in [0.1, 0.15) is 0 Å². The van der Waals surface area contributed by atoms with Crippen LogP contribution in [0.4, 0.5) is 5.69 Å². The highest BCUT2D eigenvalue weighted by Gasteiger charge is 2.23. The fourth-order valence-electron chi connectivity index (χ4n) is 2.75. The highest BCUT2D eigenvalue weighted by atomic mass is 127. The number of amides is 3. The minimum Gasteiger partial charge on any atom is -0.490 e. The maximum Gasteiger partial charge on any atom is 0.286 e. The molecule has 2 aromatic carbocycles. The van der Waals surface area contributed by atoms with Gasteiger partial charge in [0.15, 0.2) is 23.3 Å². The van der Waals surface area contributed by atoms with Gasteiger partial charge in [-0.25, -0.2) is 0 Å². The highest BCUT2D eigenvalue weighted by Crippen LogP contribution is 2.36. The predicted octanol–water partition coefficient (Wildman–Crippen LogP) is 5.12. The summed E-state index contributed by atoms with van der Waals surface area (Å²) in [6.07, 6.45) is 1.65. The van der Waals surface area contributed by atoms with E-state index < -0.39 is 11.8 Å². The molecule has 178 valence electrons. The lowest BCUT2D eigenvalue weighted by Gasteiger charge is -2.15. The molecule has 0 bridgehead atoms. The molecule has 2 aromatic rings. The number of thioether (sulfide) groups is 1. The maximum atomic E-state index is 12.4. The Balaban J connectivity index is 1.73. The lowest BCUT2D eigenvalue weighted by Crippen LogP contribution is -2.23. The monoisotopic (exact) mass is 633 g/mol. The second kappa shape index (κ2) is 11.9. The number of aliphatic imine (C=N–C) groups is 1. The normalized spacial score (nSPS) is 14.1. The number of hydrogen-bond donors (Lipinski definition) is 2. The van der Waals surface area contributed by atoms with Crippen LogP contribution < -0.4 is 20.1 Å². The van der Waals surface area contributed by atoms with Gasteiger partial charge in [-0.3, -0.25) is 14.4 Å². The Hall–Kier alpha value is -2.28. The van der Waals surface area contributed by atoms with E-state index in [-0.39, 0.29) is 17.7 Å². The first kappa shape index (κ1) is 26.3. The first-order chi connectivity index (χ1) is 16.2. The van der Waals surface area contributed by atoms with Crippen LogP contribution in [0.1, 0.15) is 19.4 Å². The molecule has 3 amide bonds. The Morgan fingerprint density at radius 1 is 1.15 bits per heavy atom. The standard InChI is InChI=1S/C22H18Cl2IN3O5S/c1-3-32-17-7-12(8-18-21(31)28-22(34-18)26-11(2)29)6-16(25)20(17)33-10-19(30)27-13-4-5-14(23)15(24)9-13/h4-9H,3,10H2,1-2H3,(H,27,30)(H,26,28,29,31)/b18-8+. The van der Waals surface area contributed by atoms with Gasteiger partial charge in [0.05, 0.1) is 25.1 Å². The first-order valence-corrected chi connectivity index (χ1v) is 12.5. The molecular formula is C22H18Cl2IN3O5S. The number of hydrogen-bond acceptors (Lipinski definition) is 6. The summed E-state index contributed by atoms with van der Waals surface area (Å²) in [5.74, 6) is -0.325. The van der Waals surface area contributed by atoms with Crippen LogP contribution in [0.5, 0.6) is 11.5 Å². The predicted molar refractivity (Wildman–Crippen MR) is 143 cm³/mol. The Morgan fingerprint density at radius 3 is 2.59 bits per heavy atom. The van der Waals surface area contributed by atoms with Crippen molar-refractivity contribution in [3.8, 4) is 11.5 Å². The molecule has 0 unspecified atom stereocenters. The molecule has 0 radical (unpaired) electrons. The summed E-state index contributed by atoms with van der Waals surface area (Å²) in [7, 11) is 0. The maximum absolute atomic E-state index is 12.4. The molecular weight excluding hydrogens is 616 g/mol.